The van der Waals surface area contributed by atoms with Gasteiger partial charge >= 0.3 is 0 Å². The average molecular weight is 286 g/mol. The normalized spacial score (nSPS) is 22.5. The lowest BCUT2D eigenvalue weighted by Gasteiger charge is -2.32. The summed E-state index contributed by atoms with van der Waals surface area (Å²) in [5.41, 5.74) is 0. The molecule has 0 saturated carbocycles. The lowest BCUT2D eigenvalue weighted by molar-refractivity contribution is -0.133. The van der Waals surface area contributed by atoms with Crippen LogP contribution in [0.15, 0.2) is 36.7 Å². The maximum atomic E-state index is 12.3. The first-order valence-electron chi connectivity index (χ1n) is 7.82. The molecular weight excluding hydrogens is 264 g/mol. The van der Waals surface area contributed by atoms with Crippen molar-refractivity contribution in [3.63, 3.8) is 0 Å². The van der Waals surface area contributed by atoms with Crippen LogP contribution in [0.2, 0.25) is 0 Å². The molecule has 1 saturated heterocycles. The van der Waals surface area contributed by atoms with Gasteiger partial charge in [-0.1, -0.05) is 12.2 Å². The molecule has 21 heavy (non-hydrogen) atoms. The van der Waals surface area contributed by atoms with Crippen LogP contribution in [0, 0.1) is 5.92 Å². The molecule has 1 aliphatic heterocycles. The molecule has 1 fully saturated rings. The van der Waals surface area contributed by atoms with Crippen molar-refractivity contribution in [2.24, 2.45) is 5.92 Å². The third-order valence-electron chi connectivity index (χ3n) is 4.30. The number of hydrogen-bond donors (Lipinski definition) is 0. The molecule has 4 heteroatoms. The summed E-state index contributed by atoms with van der Waals surface area (Å²) in [5, 5.41) is 0. The fourth-order valence-electron chi connectivity index (χ4n) is 3.05. The Bertz CT molecular complexity index is 493. The predicted octanol–water partition coefficient (Wildman–Crippen LogP) is 2.81. The van der Waals surface area contributed by atoms with Gasteiger partial charge < -0.3 is 9.64 Å². The Morgan fingerprint density at radius 1 is 1.24 bits per heavy atom. The van der Waals surface area contributed by atoms with E-state index in [0.29, 0.717) is 18.2 Å². The van der Waals surface area contributed by atoms with Crippen LogP contribution in [-0.2, 0) is 4.79 Å². The highest BCUT2D eigenvalue weighted by Crippen LogP contribution is 2.23. The zero-order valence-electron chi connectivity index (χ0n) is 12.3. The average Bonchev–Trinajstić information content (AvgIpc) is 3.02. The van der Waals surface area contributed by atoms with E-state index in [1.807, 2.05) is 17.0 Å². The van der Waals surface area contributed by atoms with E-state index in [4.69, 9.17) is 4.74 Å². The van der Waals surface area contributed by atoms with Crippen LogP contribution in [0.1, 0.15) is 32.1 Å². The van der Waals surface area contributed by atoms with Crippen molar-refractivity contribution in [1.29, 1.82) is 0 Å². The Balaban J connectivity index is 1.44. The summed E-state index contributed by atoms with van der Waals surface area (Å²) >= 11 is 0. The van der Waals surface area contributed by atoms with Crippen LogP contribution in [0.5, 0.6) is 5.75 Å². The molecule has 0 radical (unpaired) electrons. The van der Waals surface area contributed by atoms with E-state index in [1.54, 1.807) is 12.4 Å². The molecule has 112 valence electrons. The van der Waals surface area contributed by atoms with Gasteiger partial charge in [-0.05, 0) is 30.9 Å². The van der Waals surface area contributed by atoms with Crippen LogP contribution < -0.4 is 4.74 Å². The highest BCUT2D eigenvalue weighted by Gasteiger charge is 2.25. The fraction of sp³-hybridized carbons (Fsp3) is 0.529. The van der Waals surface area contributed by atoms with Crippen LogP contribution in [-0.4, -0.2) is 35.0 Å². The van der Waals surface area contributed by atoms with E-state index in [0.717, 1.165) is 44.5 Å². The Hall–Kier alpha value is -1.84. The minimum atomic E-state index is 0.211. The summed E-state index contributed by atoms with van der Waals surface area (Å²) in [6.45, 7) is 1.62. The first-order chi connectivity index (χ1) is 10.3. The number of carbonyl (C=O) groups is 1. The van der Waals surface area contributed by atoms with E-state index in [9.17, 15) is 4.79 Å². The first-order valence-corrected chi connectivity index (χ1v) is 7.82. The molecule has 0 N–H and O–H groups in total. The monoisotopic (exact) mass is 286 g/mol. The van der Waals surface area contributed by atoms with Crippen molar-refractivity contribution in [1.82, 2.24) is 9.88 Å². The molecule has 0 aromatic carbocycles. The summed E-state index contributed by atoms with van der Waals surface area (Å²) < 4.78 is 5.93. The molecule has 1 aromatic rings. The largest absolute Gasteiger partial charge is 0.490 e. The van der Waals surface area contributed by atoms with Crippen molar-refractivity contribution in [3.05, 3.63) is 36.7 Å². The second-order valence-corrected chi connectivity index (χ2v) is 5.85. The number of rotatable bonds is 4. The van der Waals surface area contributed by atoms with Crippen LogP contribution in [0.4, 0.5) is 0 Å². The Labute approximate surface area is 125 Å². The molecule has 2 heterocycles. The number of hydrogen-bond acceptors (Lipinski definition) is 3. The molecule has 1 atom stereocenters. The molecule has 1 aliphatic carbocycles. The van der Waals surface area contributed by atoms with Gasteiger partial charge in [-0.15, -0.1) is 0 Å². The number of piperidine rings is 1. The van der Waals surface area contributed by atoms with E-state index in [1.165, 1.54) is 0 Å². The van der Waals surface area contributed by atoms with Crippen LogP contribution in [0.25, 0.3) is 0 Å². The van der Waals surface area contributed by atoms with Crippen molar-refractivity contribution in [3.8, 4) is 5.75 Å². The van der Waals surface area contributed by atoms with E-state index < -0.39 is 0 Å². The minimum Gasteiger partial charge on any atom is -0.490 e. The lowest BCUT2D eigenvalue weighted by Crippen LogP contribution is -2.42. The van der Waals surface area contributed by atoms with Gasteiger partial charge in [-0.25, -0.2) is 0 Å². The molecule has 1 aromatic heterocycles. The SMILES string of the molecule is O=C(C[C@@H]1C=CCC1)N1CCC(Oc2ccncc2)CC1. The number of amides is 1. The van der Waals surface area contributed by atoms with Gasteiger partial charge in [0.1, 0.15) is 11.9 Å². The minimum absolute atomic E-state index is 0.211. The Kier molecular flexibility index (Phi) is 4.53. The van der Waals surface area contributed by atoms with Crippen LogP contribution in [0.3, 0.4) is 0 Å². The van der Waals surface area contributed by atoms with Gasteiger partial charge in [0.05, 0.1) is 0 Å². The van der Waals surface area contributed by atoms with Crippen molar-refractivity contribution in [2.45, 2.75) is 38.2 Å². The van der Waals surface area contributed by atoms with Gasteiger partial charge in [0, 0.05) is 44.7 Å². The number of allylic oxidation sites excluding steroid dienone is 2. The van der Waals surface area contributed by atoms with E-state index in [-0.39, 0.29) is 6.10 Å². The topological polar surface area (TPSA) is 42.4 Å². The van der Waals surface area contributed by atoms with E-state index >= 15 is 0 Å². The number of nitrogens with zero attached hydrogens (tertiary/aromatic N) is 2. The number of likely N-dealkylation sites (tertiary alicyclic amines) is 1. The standard InChI is InChI=1S/C17H22N2O2/c20-17(13-14-3-1-2-4-14)19-11-7-16(8-12-19)21-15-5-9-18-10-6-15/h1,3,5-6,9-10,14,16H,2,4,7-8,11-13H2/t14-/m1/s1. The summed E-state index contributed by atoms with van der Waals surface area (Å²) in [4.78, 5) is 18.2. The zero-order chi connectivity index (χ0) is 14.5. The van der Waals surface area contributed by atoms with Crippen molar-refractivity contribution in [2.75, 3.05) is 13.1 Å². The van der Waals surface area contributed by atoms with Gasteiger partial charge in [0.15, 0.2) is 0 Å². The lowest BCUT2D eigenvalue weighted by atomic mass is 10.0. The molecule has 3 rings (SSSR count). The third-order valence-corrected chi connectivity index (χ3v) is 4.30. The van der Waals surface area contributed by atoms with Crippen LogP contribution >= 0.6 is 0 Å². The Morgan fingerprint density at radius 2 is 2.00 bits per heavy atom. The summed E-state index contributed by atoms with van der Waals surface area (Å²) in [6, 6.07) is 3.76. The number of aromatic nitrogens is 1. The molecule has 2 aliphatic rings. The van der Waals surface area contributed by atoms with Crippen molar-refractivity contribution < 1.29 is 9.53 Å². The zero-order valence-corrected chi connectivity index (χ0v) is 12.3. The quantitative estimate of drug-likeness (QED) is 0.799. The fourth-order valence-corrected chi connectivity index (χ4v) is 3.05. The molecule has 4 nitrogen and oxygen atoms in total. The van der Waals surface area contributed by atoms with Crippen molar-refractivity contribution >= 4 is 5.91 Å². The number of carbonyl (C=O) groups excluding carboxylic acids is 1. The second kappa shape index (κ2) is 6.74. The molecule has 0 bridgehead atoms. The Morgan fingerprint density at radius 3 is 2.67 bits per heavy atom. The van der Waals surface area contributed by atoms with E-state index in [2.05, 4.69) is 17.1 Å². The molecule has 0 unspecified atom stereocenters. The predicted molar refractivity (Wildman–Crippen MR) is 80.9 cm³/mol. The first kappa shape index (κ1) is 14.1. The van der Waals surface area contributed by atoms with Gasteiger partial charge in [-0.3, -0.25) is 9.78 Å². The smallest absolute Gasteiger partial charge is 0.223 e. The summed E-state index contributed by atoms with van der Waals surface area (Å²) in [6.07, 6.45) is 12.8. The molecule has 1 amide bonds. The maximum Gasteiger partial charge on any atom is 0.223 e. The highest BCUT2D eigenvalue weighted by atomic mass is 16.5. The second-order valence-electron chi connectivity index (χ2n) is 5.85. The summed E-state index contributed by atoms with van der Waals surface area (Å²) in [5.74, 6) is 1.63. The third kappa shape index (κ3) is 3.84. The van der Waals surface area contributed by atoms with Gasteiger partial charge in [0.25, 0.3) is 0 Å². The number of ether oxygens (including phenoxy) is 1. The maximum absolute atomic E-state index is 12.3. The van der Waals surface area contributed by atoms with Gasteiger partial charge in [-0.2, -0.15) is 0 Å². The van der Waals surface area contributed by atoms with Gasteiger partial charge in [0.2, 0.25) is 5.91 Å². The highest BCUT2D eigenvalue weighted by molar-refractivity contribution is 5.76. The molecule has 0 spiro atoms. The summed E-state index contributed by atoms with van der Waals surface area (Å²) in [7, 11) is 0. The number of pyridine rings is 1. The molecular formula is C17H22N2O2.